The number of nitrogens with zero attached hydrogens (tertiary/aromatic N) is 1. The number of methoxy groups -OCH3 is 1. The van der Waals surface area contributed by atoms with Crippen molar-refractivity contribution in [3.63, 3.8) is 0 Å². The van der Waals surface area contributed by atoms with E-state index in [1.165, 1.54) is 4.31 Å². The van der Waals surface area contributed by atoms with E-state index in [4.69, 9.17) is 10.5 Å². The highest BCUT2D eigenvalue weighted by molar-refractivity contribution is 9.10. The van der Waals surface area contributed by atoms with Crippen LogP contribution in [0, 0.1) is 0 Å². The van der Waals surface area contributed by atoms with E-state index in [2.05, 4.69) is 15.9 Å². The van der Waals surface area contributed by atoms with Crippen LogP contribution in [-0.4, -0.2) is 39.0 Å². The van der Waals surface area contributed by atoms with Crippen LogP contribution in [0.15, 0.2) is 27.6 Å². The second-order valence-corrected chi connectivity index (χ2v) is 7.24. The molecule has 2 rings (SSSR count). The van der Waals surface area contributed by atoms with Gasteiger partial charge >= 0.3 is 0 Å². The van der Waals surface area contributed by atoms with Crippen LogP contribution >= 0.6 is 15.9 Å². The average Bonchev–Trinajstić information content (AvgIpc) is 2.88. The van der Waals surface area contributed by atoms with Gasteiger partial charge in [0.05, 0.1) is 11.0 Å². The third-order valence-corrected chi connectivity index (χ3v) is 6.15. The van der Waals surface area contributed by atoms with E-state index >= 15 is 0 Å². The third-order valence-electron chi connectivity index (χ3n) is 3.29. The van der Waals surface area contributed by atoms with Gasteiger partial charge in [-0.15, -0.1) is 0 Å². The minimum Gasteiger partial charge on any atom is -0.380 e. The molecule has 1 heterocycles. The van der Waals surface area contributed by atoms with Crippen molar-refractivity contribution in [1.29, 1.82) is 0 Å². The van der Waals surface area contributed by atoms with Crippen LogP contribution in [0.5, 0.6) is 0 Å². The molecule has 1 aromatic rings. The topological polar surface area (TPSA) is 72.6 Å². The zero-order valence-corrected chi connectivity index (χ0v) is 13.1. The Hall–Kier alpha value is -0.470. The molecular weight excluding hydrogens is 332 g/mol. The molecule has 1 fully saturated rings. The monoisotopic (exact) mass is 348 g/mol. The number of rotatable bonds is 4. The number of ether oxygens (including phenoxy) is 1. The quantitative estimate of drug-likeness (QED) is 0.890. The van der Waals surface area contributed by atoms with Crippen LogP contribution in [0.1, 0.15) is 12.0 Å². The smallest absolute Gasteiger partial charge is 0.244 e. The lowest BCUT2D eigenvalue weighted by Gasteiger charge is -2.17. The van der Waals surface area contributed by atoms with E-state index in [0.29, 0.717) is 24.1 Å². The number of hydrogen-bond acceptors (Lipinski definition) is 4. The SMILES string of the molecule is COC1CCN(S(=O)(=O)c2cc(CN)ccc2Br)C1. The summed E-state index contributed by atoms with van der Waals surface area (Å²) in [5.41, 5.74) is 6.36. The fourth-order valence-corrected chi connectivity index (χ4v) is 4.58. The largest absolute Gasteiger partial charge is 0.380 e. The van der Waals surface area contributed by atoms with Gasteiger partial charge in [-0.25, -0.2) is 8.42 Å². The van der Waals surface area contributed by atoms with Crippen molar-refractivity contribution in [3.05, 3.63) is 28.2 Å². The van der Waals surface area contributed by atoms with Crippen LogP contribution in [-0.2, 0) is 21.3 Å². The van der Waals surface area contributed by atoms with Gasteiger partial charge in [0.15, 0.2) is 0 Å². The molecule has 7 heteroatoms. The zero-order chi connectivity index (χ0) is 14.0. The summed E-state index contributed by atoms with van der Waals surface area (Å²) in [6, 6.07) is 5.16. The number of sulfonamides is 1. The van der Waals surface area contributed by atoms with Gasteiger partial charge in [-0.3, -0.25) is 0 Å². The van der Waals surface area contributed by atoms with E-state index in [9.17, 15) is 8.42 Å². The van der Waals surface area contributed by atoms with Crippen LogP contribution in [0.3, 0.4) is 0 Å². The van der Waals surface area contributed by atoms with Gasteiger partial charge in [0.25, 0.3) is 0 Å². The summed E-state index contributed by atoms with van der Waals surface area (Å²) in [7, 11) is -1.89. The number of hydrogen-bond donors (Lipinski definition) is 1. The van der Waals surface area contributed by atoms with Gasteiger partial charge < -0.3 is 10.5 Å². The molecule has 0 radical (unpaired) electrons. The summed E-state index contributed by atoms with van der Waals surface area (Å²) in [6.07, 6.45) is 0.704. The van der Waals surface area contributed by atoms with E-state index in [1.807, 2.05) is 6.07 Å². The maximum atomic E-state index is 12.6. The molecule has 0 amide bonds. The fraction of sp³-hybridized carbons (Fsp3) is 0.500. The standard InChI is InChI=1S/C12H17BrN2O3S/c1-18-10-4-5-15(8-10)19(16,17)12-6-9(7-14)2-3-11(12)13/h2-3,6,10H,4-5,7-8,14H2,1H3. The summed E-state index contributed by atoms with van der Waals surface area (Å²) in [5, 5.41) is 0. The van der Waals surface area contributed by atoms with Crippen LogP contribution < -0.4 is 5.73 Å². The van der Waals surface area contributed by atoms with Gasteiger partial charge in [0, 0.05) is 31.2 Å². The maximum absolute atomic E-state index is 12.6. The first-order valence-electron chi connectivity index (χ1n) is 6.00. The van der Waals surface area contributed by atoms with Crippen molar-refractivity contribution >= 4 is 26.0 Å². The van der Waals surface area contributed by atoms with Gasteiger partial charge in [-0.1, -0.05) is 6.07 Å². The highest BCUT2D eigenvalue weighted by atomic mass is 79.9. The molecule has 0 spiro atoms. The van der Waals surface area contributed by atoms with E-state index < -0.39 is 10.0 Å². The van der Waals surface area contributed by atoms with Gasteiger partial charge in [-0.05, 0) is 40.0 Å². The van der Waals surface area contributed by atoms with E-state index in [-0.39, 0.29) is 11.0 Å². The number of benzene rings is 1. The van der Waals surface area contributed by atoms with Gasteiger partial charge in [0.1, 0.15) is 0 Å². The predicted molar refractivity (Wildman–Crippen MR) is 76.2 cm³/mol. The van der Waals surface area contributed by atoms with Crippen molar-refractivity contribution in [2.45, 2.75) is 24.0 Å². The third kappa shape index (κ3) is 3.00. The summed E-state index contributed by atoms with van der Waals surface area (Å²) >= 11 is 3.30. The second-order valence-electron chi connectivity index (χ2n) is 4.48. The van der Waals surface area contributed by atoms with Crippen LogP contribution in [0.25, 0.3) is 0 Å². The average molecular weight is 349 g/mol. The lowest BCUT2D eigenvalue weighted by Crippen LogP contribution is -2.30. The van der Waals surface area contributed by atoms with Gasteiger partial charge in [0.2, 0.25) is 10.0 Å². The Bertz CT molecular complexity index is 562. The van der Waals surface area contributed by atoms with Crippen molar-refractivity contribution in [3.8, 4) is 0 Å². The fourth-order valence-electron chi connectivity index (χ4n) is 2.12. The Morgan fingerprint density at radius 2 is 2.26 bits per heavy atom. The molecule has 19 heavy (non-hydrogen) atoms. The predicted octanol–water partition coefficient (Wildman–Crippen LogP) is 1.32. The minimum atomic E-state index is -3.49. The molecule has 0 aliphatic carbocycles. The first kappa shape index (κ1) is 14.9. The molecule has 1 aliphatic heterocycles. The molecule has 1 unspecified atom stereocenters. The molecular formula is C12H17BrN2O3S. The summed E-state index contributed by atoms with van der Waals surface area (Å²) in [5.74, 6) is 0. The first-order chi connectivity index (χ1) is 8.98. The molecule has 1 saturated heterocycles. The molecule has 5 nitrogen and oxygen atoms in total. The molecule has 106 valence electrons. The Morgan fingerprint density at radius 1 is 1.53 bits per heavy atom. The lowest BCUT2D eigenvalue weighted by molar-refractivity contribution is 0.115. The molecule has 0 saturated carbocycles. The van der Waals surface area contributed by atoms with Crippen LogP contribution in [0.4, 0.5) is 0 Å². The number of nitrogens with two attached hydrogens (primary N) is 1. The minimum absolute atomic E-state index is 0.0220. The van der Waals surface area contributed by atoms with Crippen molar-refractivity contribution in [2.24, 2.45) is 5.73 Å². The second kappa shape index (κ2) is 5.88. The summed E-state index contributed by atoms with van der Waals surface area (Å²) < 4.78 is 32.4. The Kier molecular flexibility index (Phi) is 4.62. The maximum Gasteiger partial charge on any atom is 0.244 e. The Balaban J connectivity index is 2.34. The zero-order valence-electron chi connectivity index (χ0n) is 10.7. The first-order valence-corrected chi connectivity index (χ1v) is 8.23. The van der Waals surface area contributed by atoms with Crippen LogP contribution in [0.2, 0.25) is 0 Å². The Labute approximate surface area is 121 Å². The molecule has 1 aliphatic rings. The molecule has 0 bridgehead atoms. The van der Waals surface area contributed by atoms with Crippen molar-refractivity contribution in [1.82, 2.24) is 4.31 Å². The van der Waals surface area contributed by atoms with Gasteiger partial charge in [-0.2, -0.15) is 4.31 Å². The Morgan fingerprint density at radius 3 is 2.84 bits per heavy atom. The van der Waals surface area contributed by atoms with E-state index in [1.54, 1.807) is 19.2 Å². The molecule has 0 aromatic heterocycles. The normalized spacial score (nSPS) is 20.9. The molecule has 2 N–H and O–H groups in total. The van der Waals surface area contributed by atoms with Crippen molar-refractivity contribution < 1.29 is 13.2 Å². The summed E-state index contributed by atoms with van der Waals surface area (Å²) in [6.45, 7) is 1.20. The number of halogens is 1. The highest BCUT2D eigenvalue weighted by Crippen LogP contribution is 2.28. The van der Waals surface area contributed by atoms with E-state index in [0.717, 1.165) is 12.0 Å². The summed E-state index contributed by atoms with van der Waals surface area (Å²) in [4.78, 5) is 0.271. The lowest BCUT2D eigenvalue weighted by atomic mass is 10.2. The molecule has 1 aromatic carbocycles. The molecule has 1 atom stereocenters. The van der Waals surface area contributed by atoms with Crippen molar-refractivity contribution in [2.75, 3.05) is 20.2 Å². The highest BCUT2D eigenvalue weighted by Gasteiger charge is 2.33.